The van der Waals surface area contributed by atoms with Crippen molar-refractivity contribution in [3.63, 3.8) is 0 Å². The molecule has 1 aliphatic heterocycles. The largest absolute Gasteiger partial charge is 0.327 e. The lowest BCUT2D eigenvalue weighted by Crippen LogP contribution is -2.05. The third-order valence-corrected chi connectivity index (χ3v) is 1.38. The second kappa shape index (κ2) is 2.84. The van der Waals surface area contributed by atoms with Crippen LogP contribution in [0.15, 0.2) is 11.6 Å². The molecule has 0 amide bonds. The van der Waals surface area contributed by atoms with E-state index in [0.717, 1.165) is 13.1 Å². The predicted octanol–water partition coefficient (Wildman–Crippen LogP) is -0.135. The van der Waals surface area contributed by atoms with Crippen LogP contribution < -0.4 is 11.1 Å². The van der Waals surface area contributed by atoms with Gasteiger partial charge in [-0.1, -0.05) is 11.6 Å². The highest BCUT2D eigenvalue weighted by atomic mass is 14.9. The van der Waals surface area contributed by atoms with Crippen molar-refractivity contribution in [2.75, 3.05) is 19.6 Å². The summed E-state index contributed by atoms with van der Waals surface area (Å²) in [7, 11) is 0. The van der Waals surface area contributed by atoms with Crippen molar-refractivity contribution in [1.82, 2.24) is 5.32 Å². The van der Waals surface area contributed by atoms with Crippen molar-refractivity contribution in [2.45, 2.75) is 6.42 Å². The van der Waals surface area contributed by atoms with E-state index in [4.69, 9.17) is 5.73 Å². The zero-order valence-corrected chi connectivity index (χ0v) is 4.98. The first-order valence-corrected chi connectivity index (χ1v) is 3.02. The van der Waals surface area contributed by atoms with Crippen molar-refractivity contribution >= 4 is 0 Å². The lowest BCUT2D eigenvalue weighted by molar-refractivity contribution is 0.862. The Morgan fingerprint density at radius 1 is 1.75 bits per heavy atom. The van der Waals surface area contributed by atoms with Crippen LogP contribution in [-0.4, -0.2) is 19.6 Å². The summed E-state index contributed by atoms with van der Waals surface area (Å²) < 4.78 is 0. The summed E-state index contributed by atoms with van der Waals surface area (Å²) in [5, 5.41) is 3.23. The number of nitrogens with two attached hydrogens (primary N) is 1. The molecule has 2 heteroatoms. The molecule has 0 radical (unpaired) electrons. The standard InChI is InChI=1S/C6H12N2/c7-3-1-6-2-4-8-5-6/h1,8H,2-5,7H2/b6-1+. The van der Waals surface area contributed by atoms with Gasteiger partial charge in [-0.2, -0.15) is 0 Å². The Balaban J connectivity index is 2.33. The minimum Gasteiger partial charge on any atom is -0.327 e. The Kier molecular flexibility index (Phi) is 2.06. The first-order valence-electron chi connectivity index (χ1n) is 3.02. The second-order valence-electron chi connectivity index (χ2n) is 2.02. The van der Waals surface area contributed by atoms with Crippen molar-refractivity contribution in [3.05, 3.63) is 11.6 Å². The molecule has 1 aliphatic rings. The topological polar surface area (TPSA) is 38.0 Å². The minimum atomic E-state index is 0.691. The molecule has 0 atom stereocenters. The van der Waals surface area contributed by atoms with Gasteiger partial charge in [0.05, 0.1) is 0 Å². The number of nitrogens with one attached hydrogen (secondary N) is 1. The summed E-state index contributed by atoms with van der Waals surface area (Å²) in [4.78, 5) is 0. The molecule has 0 aromatic heterocycles. The van der Waals surface area contributed by atoms with Gasteiger partial charge < -0.3 is 11.1 Å². The first-order chi connectivity index (χ1) is 3.93. The zero-order valence-electron chi connectivity index (χ0n) is 4.98. The average molecular weight is 112 g/mol. The van der Waals surface area contributed by atoms with E-state index in [1.54, 1.807) is 0 Å². The fraction of sp³-hybridized carbons (Fsp3) is 0.667. The van der Waals surface area contributed by atoms with Crippen LogP contribution in [0.5, 0.6) is 0 Å². The van der Waals surface area contributed by atoms with Crippen LogP contribution in [0, 0.1) is 0 Å². The van der Waals surface area contributed by atoms with Crippen LogP contribution in [0.2, 0.25) is 0 Å². The average Bonchev–Trinajstić information content (AvgIpc) is 2.19. The summed E-state index contributed by atoms with van der Waals surface area (Å²) in [6.45, 7) is 2.88. The zero-order chi connectivity index (χ0) is 5.82. The molecule has 0 saturated carbocycles. The molecule has 0 aromatic carbocycles. The molecule has 1 fully saturated rings. The Morgan fingerprint density at radius 3 is 3.12 bits per heavy atom. The fourth-order valence-electron chi connectivity index (χ4n) is 0.927. The maximum absolute atomic E-state index is 5.30. The van der Waals surface area contributed by atoms with E-state index >= 15 is 0 Å². The Morgan fingerprint density at radius 2 is 2.62 bits per heavy atom. The maximum Gasteiger partial charge on any atom is 0.0165 e. The van der Waals surface area contributed by atoms with Crippen molar-refractivity contribution < 1.29 is 0 Å². The monoisotopic (exact) mass is 112 g/mol. The molecule has 1 rings (SSSR count). The van der Waals surface area contributed by atoms with Gasteiger partial charge in [-0.3, -0.25) is 0 Å². The van der Waals surface area contributed by atoms with E-state index in [9.17, 15) is 0 Å². The van der Waals surface area contributed by atoms with E-state index in [1.807, 2.05) is 0 Å². The molecule has 2 nitrogen and oxygen atoms in total. The van der Waals surface area contributed by atoms with Crippen LogP contribution in [0.1, 0.15) is 6.42 Å². The van der Waals surface area contributed by atoms with Gasteiger partial charge in [0, 0.05) is 13.1 Å². The van der Waals surface area contributed by atoms with E-state index in [0.29, 0.717) is 6.54 Å². The molecule has 0 spiro atoms. The third kappa shape index (κ3) is 1.32. The van der Waals surface area contributed by atoms with Gasteiger partial charge in [0.15, 0.2) is 0 Å². The molecule has 0 bridgehead atoms. The first kappa shape index (κ1) is 5.79. The molecule has 1 heterocycles. The van der Waals surface area contributed by atoms with Gasteiger partial charge in [-0.15, -0.1) is 0 Å². The number of hydrogen-bond acceptors (Lipinski definition) is 2. The van der Waals surface area contributed by atoms with Crippen LogP contribution in [0.25, 0.3) is 0 Å². The normalized spacial score (nSPS) is 24.9. The highest BCUT2D eigenvalue weighted by Gasteiger charge is 2.02. The lowest BCUT2D eigenvalue weighted by atomic mass is 10.2. The number of rotatable bonds is 1. The molecule has 8 heavy (non-hydrogen) atoms. The van der Waals surface area contributed by atoms with Gasteiger partial charge in [0.2, 0.25) is 0 Å². The molecule has 1 saturated heterocycles. The van der Waals surface area contributed by atoms with Crippen LogP contribution in [0.4, 0.5) is 0 Å². The van der Waals surface area contributed by atoms with E-state index in [1.165, 1.54) is 12.0 Å². The highest BCUT2D eigenvalue weighted by Crippen LogP contribution is 2.03. The molecule has 0 aromatic rings. The summed E-state index contributed by atoms with van der Waals surface area (Å²) in [5.41, 5.74) is 6.77. The van der Waals surface area contributed by atoms with Crippen molar-refractivity contribution in [2.24, 2.45) is 5.73 Å². The summed E-state index contributed by atoms with van der Waals surface area (Å²) in [6.07, 6.45) is 3.29. The van der Waals surface area contributed by atoms with Crippen molar-refractivity contribution in [1.29, 1.82) is 0 Å². The van der Waals surface area contributed by atoms with Crippen LogP contribution in [0.3, 0.4) is 0 Å². The van der Waals surface area contributed by atoms with Gasteiger partial charge in [-0.25, -0.2) is 0 Å². The molecule has 46 valence electrons. The SMILES string of the molecule is NC/C=C1\CCNC1. The fourth-order valence-corrected chi connectivity index (χ4v) is 0.927. The van der Waals surface area contributed by atoms with Gasteiger partial charge in [0.1, 0.15) is 0 Å². The molecule has 3 N–H and O–H groups in total. The van der Waals surface area contributed by atoms with E-state index in [2.05, 4.69) is 11.4 Å². The smallest absolute Gasteiger partial charge is 0.0165 e. The van der Waals surface area contributed by atoms with Gasteiger partial charge in [0.25, 0.3) is 0 Å². The Bertz CT molecular complexity index is 88.7. The van der Waals surface area contributed by atoms with Crippen LogP contribution in [-0.2, 0) is 0 Å². The molecular weight excluding hydrogens is 100 g/mol. The molecule has 0 unspecified atom stereocenters. The molecular formula is C6H12N2. The predicted molar refractivity (Wildman–Crippen MR) is 34.6 cm³/mol. The van der Waals surface area contributed by atoms with E-state index in [-0.39, 0.29) is 0 Å². The summed E-state index contributed by atoms with van der Waals surface area (Å²) >= 11 is 0. The summed E-state index contributed by atoms with van der Waals surface area (Å²) in [5.74, 6) is 0. The maximum atomic E-state index is 5.30. The van der Waals surface area contributed by atoms with Gasteiger partial charge >= 0.3 is 0 Å². The van der Waals surface area contributed by atoms with Crippen LogP contribution >= 0.6 is 0 Å². The molecule has 0 aliphatic carbocycles. The van der Waals surface area contributed by atoms with Crippen molar-refractivity contribution in [3.8, 4) is 0 Å². The summed E-state index contributed by atoms with van der Waals surface area (Å²) in [6, 6.07) is 0. The Hall–Kier alpha value is -0.340. The minimum absolute atomic E-state index is 0.691. The quantitative estimate of drug-likeness (QED) is 0.463. The highest BCUT2D eigenvalue weighted by molar-refractivity contribution is 5.08. The third-order valence-electron chi connectivity index (χ3n) is 1.38. The lowest BCUT2D eigenvalue weighted by Gasteiger charge is -1.88. The van der Waals surface area contributed by atoms with Gasteiger partial charge in [-0.05, 0) is 13.0 Å². The van der Waals surface area contributed by atoms with E-state index < -0.39 is 0 Å². The Labute approximate surface area is 49.8 Å². The number of hydrogen-bond donors (Lipinski definition) is 2. The second-order valence-corrected chi connectivity index (χ2v) is 2.02.